The molecule has 0 aliphatic heterocycles. The number of nitrogens with zero attached hydrogens (tertiary/aromatic N) is 2. The van der Waals surface area contributed by atoms with Crippen LogP contribution in [0.3, 0.4) is 0 Å². The summed E-state index contributed by atoms with van der Waals surface area (Å²) in [7, 11) is 0. The summed E-state index contributed by atoms with van der Waals surface area (Å²) in [5.74, 6) is 1.94. The number of thiophene rings is 1. The van der Waals surface area contributed by atoms with Gasteiger partial charge in [-0.05, 0) is 42.5 Å². The van der Waals surface area contributed by atoms with Crippen molar-refractivity contribution < 1.29 is 9.26 Å². The van der Waals surface area contributed by atoms with Crippen molar-refractivity contribution in [1.29, 1.82) is 0 Å². The molecule has 0 amide bonds. The topological polar surface area (TPSA) is 48.2 Å². The molecular weight excluding hydrogens is 272 g/mol. The first-order chi connectivity index (χ1) is 9.72. The standard InChI is InChI=1S/C15H14N2O2S/c1-10-5-6-11(2)12(8-10)18-9-14-16-15(17-19-14)13-4-3-7-20-13/h3-8H,9H2,1-2H3. The van der Waals surface area contributed by atoms with Crippen LogP contribution in [0.5, 0.6) is 5.75 Å². The van der Waals surface area contributed by atoms with Gasteiger partial charge in [-0.1, -0.05) is 23.4 Å². The van der Waals surface area contributed by atoms with Crippen LogP contribution in [0.1, 0.15) is 17.0 Å². The van der Waals surface area contributed by atoms with Gasteiger partial charge in [0.15, 0.2) is 6.61 Å². The molecule has 1 aromatic carbocycles. The molecule has 2 aromatic heterocycles. The van der Waals surface area contributed by atoms with Crippen molar-refractivity contribution >= 4 is 11.3 Å². The maximum absolute atomic E-state index is 5.74. The molecule has 3 aromatic rings. The lowest BCUT2D eigenvalue weighted by molar-refractivity contribution is 0.241. The lowest BCUT2D eigenvalue weighted by atomic mass is 10.1. The Hall–Kier alpha value is -2.14. The monoisotopic (exact) mass is 286 g/mol. The van der Waals surface area contributed by atoms with Gasteiger partial charge in [-0.2, -0.15) is 4.98 Å². The molecule has 0 aliphatic carbocycles. The molecule has 0 atom stereocenters. The molecule has 102 valence electrons. The van der Waals surface area contributed by atoms with Gasteiger partial charge in [-0.3, -0.25) is 0 Å². The van der Waals surface area contributed by atoms with Gasteiger partial charge in [0.25, 0.3) is 5.89 Å². The van der Waals surface area contributed by atoms with Crippen LogP contribution in [-0.2, 0) is 6.61 Å². The van der Waals surface area contributed by atoms with E-state index in [9.17, 15) is 0 Å². The number of hydrogen-bond acceptors (Lipinski definition) is 5. The highest BCUT2D eigenvalue weighted by Gasteiger charge is 2.10. The second-order valence-corrected chi connectivity index (χ2v) is 5.49. The number of hydrogen-bond donors (Lipinski definition) is 0. The lowest BCUT2D eigenvalue weighted by Crippen LogP contribution is -1.97. The van der Waals surface area contributed by atoms with Gasteiger partial charge in [-0.25, -0.2) is 0 Å². The van der Waals surface area contributed by atoms with Crippen molar-refractivity contribution in [2.24, 2.45) is 0 Å². The molecule has 0 N–H and O–H groups in total. The summed E-state index contributed by atoms with van der Waals surface area (Å²) in [5.41, 5.74) is 2.25. The highest BCUT2D eigenvalue weighted by atomic mass is 32.1. The maximum atomic E-state index is 5.74. The van der Waals surface area contributed by atoms with Crippen LogP contribution in [0.15, 0.2) is 40.2 Å². The maximum Gasteiger partial charge on any atom is 0.264 e. The summed E-state index contributed by atoms with van der Waals surface area (Å²) < 4.78 is 10.9. The SMILES string of the molecule is Cc1ccc(C)c(OCc2nc(-c3cccs3)no2)c1. The van der Waals surface area contributed by atoms with E-state index in [0.29, 0.717) is 11.7 Å². The van der Waals surface area contributed by atoms with E-state index in [1.165, 1.54) is 0 Å². The third-order valence-corrected chi connectivity index (χ3v) is 3.77. The van der Waals surface area contributed by atoms with Crippen molar-refractivity contribution in [3.8, 4) is 16.5 Å². The van der Waals surface area contributed by atoms with Gasteiger partial charge >= 0.3 is 0 Å². The Balaban J connectivity index is 1.71. The van der Waals surface area contributed by atoms with Crippen LogP contribution >= 0.6 is 11.3 Å². The normalized spacial score (nSPS) is 10.7. The molecule has 4 nitrogen and oxygen atoms in total. The first-order valence-corrected chi connectivity index (χ1v) is 7.17. The third kappa shape index (κ3) is 2.72. The minimum Gasteiger partial charge on any atom is -0.483 e. The summed E-state index contributed by atoms with van der Waals surface area (Å²) in [4.78, 5) is 5.32. The minimum atomic E-state index is 0.280. The molecule has 20 heavy (non-hydrogen) atoms. The quantitative estimate of drug-likeness (QED) is 0.727. The molecule has 0 radical (unpaired) electrons. The Morgan fingerprint density at radius 2 is 2.15 bits per heavy atom. The Labute approximate surface area is 121 Å². The molecule has 2 heterocycles. The number of benzene rings is 1. The van der Waals surface area contributed by atoms with Crippen molar-refractivity contribution in [3.05, 3.63) is 52.7 Å². The number of aryl methyl sites for hydroxylation is 2. The molecule has 3 rings (SSSR count). The molecule has 0 spiro atoms. The van der Waals surface area contributed by atoms with Crippen molar-refractivity contribution in [3.63, 3.8) is 0 Å². The van der Waals surface area contributed by atoms with Gasteiger partial charge in [0.2, 0.25) is 5.82 Å². The van der Waals surface area contributed by atoms with Gasteiger partial charge < -0.3 is 9.26 Å². The molecule has 0 unspecified atom stereocenters. The van der Waals surface area contributed by atoms with E-state index in [0.717, 1.165) is 21.8 Å². The summed E-state index contributed by atoms with van der Waals surface area (Å²) >= 11 is 1.58. The van der Waals surface area contributed by atoms with Crippen molar-refractivity contribution in [2.75, 3.05) is 0 Å². The molecule has 5 heteroatoms. The Morgan fingerprint density at radius 1 is 1.25 bits per heavy atom. The second-order valence-electron chi connectivity index (χ2n) is 4.55. The van der Waals surface area contributed by atoms with Gasteiger partial charge in [0, 0.05) is 0 Å². The number of ether oxygens (including phenoxy) is 1. The molecular formula is C15H14N2O2S. The van der Waals surface area contributed by atoms with E-state index >= 15 is 0 Å². The Morgan fingerprint density at radius 3 is 2.95 bits per heavy atom. The highest BCUT2D eigenvalue weighted by molar-refractivity contribution is 7.13. The highest BCUT2D eigenvalue weighted by Crippen LogP contribution is 2.23. The largest absolute Gasteiger partial charge is 0.483 e. The summed E-state index contributed by atoms with van der Waals surface area (Å²) in [5, 5.41) is 5.94. The summed E-state index contributed by atoms with van der Waals surface area (Å²) in [6.45, 7) is 4.33. The van der Waals surface area contributed by atoms with E-state index in [1.807, 2.05) is 43.5 Å². The van der Waals surface area contributed by atoms with Crippen molar-refractivity contribution in [2.45, 2.75) is 20.5 Å². The third-order valence-electron chi connectivity index (χ3n) is 2.90. The van der Waals surface area contributed by atoms with Crippen LogP contribution in [0.4, 0.5) is 0 Å². The van der Waals surface area contributed by atoms with Crippen LogP contribution in [-0.4, -0.2) is 10.1 Å². The van der Waals surface area contributed by atoms with Gasteiger partial charge in [-0.15, -0.1) is 11.3 Å². The van der Waals surface area contributed by atoms with Gasteiger partial charge in [0.1, 0.15) is 5.75 Å². The second kappa shape index (κ2) is 5.46. The molecule has 0 saturated heterocycles. The fraction of sp³-hybridized carbons (Fsp3) is 0.200. The zero-order valence-electron chi connectivity index (χ0n) is 11.3. The minimum absolute atomic E-state index is 0.280. The zero-order valence-corrected chi connectivity index (χ0v) is 12.1. The van der Waals surface area contributed by atoms with E-state index < -0.39 is 0 Å². The van der Waals surface area contributed by atoms with Crippen molar-refractivity contribution in [1.82, 2.24) is 10.1 Å². The average molecular weight is 286 g/mol. The van der Waals surface area contributed by atoms with E-state index in [-0.39, 0.29) is 6.61 Å². The smallest absolute Gasteiger partial charge is 0.264 e. The van der Waals surface area contributed by atoms with E-state index in [2.05, 4.69) is 16.2 Å². The van der Waals surface area contributed by atoms with Crippen LogP contribution in [0, 0.1) is 13.8 Å². The lowest BCUT2D eigenvalue weighted by Gasteiger charge is -2.07. The number of rotatable bonds is 4. The van der Waals surface area contributed by atoms with E-state index in [1.54, 1.807) is 11.3 Å². The average Bonchev–Trinajstić information content (AvgIpc) is 3.09. The van der Waals surface area contributed by atoms with Crippen LogP contribution in [0.25, 0.3) is 10.7 Å². The predicted molar refractivity (Wildman–Crippen MR) is 77.9 cm³/mol. The molecule has 0 saturated carbocycles. The fourth-order valence-corrected chi connectivity index (χ4v) is 2.47. The summed E-state index contributed by atoms with van der Waals surface area (Å²) in [6.07, 6.45) is 0. The zero-order chi connectivity index (χ0) is 13.9. The Kier molecular flexibility index (Phi) is 3.52. The first kappa shape index (κ1) is 12.9. The van der Waals surface area contributed by atoms with Crippen LogP contribution in [0.2, 0.25) is 0 Å². The molecule has 0 fully saturated rings. The fourth-order valence-electron chi connectivity index (χ4n) is 1.82. The molecule has 0 bridgehead atoms. The predicted octanol–water partition coefficient (Wildman–Crippen LogP) is 3.99. The van der Waals surface area contributed by atoms with Gasteiger partial charge in [0.05, 0.1) is 4.88 Å². The van der Waals surface area contributed by atoms with Crippen LogP contribution < -0.4 is 4.74 Å². The molecule has 0 aliphatic rings. The number of aromatic nitrogens is 2. The Bertz CT molecular complexity index is 704. The van der Waals surface area contributed by atoms with E-state index in [4.69, 9.17) is 9.26 Å². The summed E-state index contributed by atoms with van der Waals surface area (Å²) in [6, 6.07) is 10.0. The first-order valence-electron chi connectivity index (χ1n) is 6.29.